The van der Waals surface area contributed by atoms with Crippen LogP contribution in [0.15, 0.2) is 30.3 Å². The minimum absolute atomic E-state index is 0. The van der Waals surface area contributed by atoms with Crippen LogP contribution < -0.4 is 5.32 Å². The van der Waals surface area contributed by atoms with Gasteiger partial charge in [-0.15, -0.1) is 12.4 Å². The number of nitrogens with one attached hydrogen (secondary N) is 1. The number of hydrogen-bond acceptors (Lipinski definition) is 8. The van der Waals surface area contributed by atoms with Gasteiger partial charge in [0, 0.05) is 17.7 Å². The van der Waals surface area contributed by atoms with Gasteiger partial charge in [-0.1, -0.05) is 12.1 Å². The quantitative estimate of drug-likeness (QED) is 0.459. The Morgan fingerprint density at radius 2 is 1.75 bits per heavy atom. The Bertz CT molecular complexity index is 958. The summed E-state index contributed by atoms with van der Waals surface area (Å²) >= 11 is 0. The van der Waals surface area contributed by atoms with E-state index < -0.39 is 35.9 Å². The molecule has 1 aliphatic carbocycles. The van der Waals surface area contributed by atoms with E-state index >= 15 is 0 Å². The molecule has 0 saturated heterocycles. The molecular formula is C19H18ClNO7. The summed E-state index contributed by atoms with van der Waals surface area (Å²) in [6.07, 6.45) is 0. The van der Waals surface area contributed by atoms with E-state index in [0.717, 1.165) is 0 Å². The van der Waals surface area contributed by atoms with Gasteiger partial charge in [-0.25, -0.2) is 0 Å². The minimum Gasteiger partial charge on any atom is -0.507 e. The van der Waals surface area contributed by atoms with Crippen LogP contribution in [0, 0.1) is 0 Å². The number of methoxy groups -OCH3 is 1. The molecule has 8 nitrogen and oxygen atoms in total. The van der Waals surface area contributed by atoms with Gasteiger partial charge in [0.25, 0.3) is 0 Å². The highest BCUT2D eigenvalue weighted by atomic mass is 35.5. The summed E-state index contributed by atoms with van der Waals surface area (Å²) in [4.78, 5) is 36.9. The summed E-state index contributed by atoms with van der Waals surface area (Å²) in [5, 5.41) is 32.2. The Kier molecular flexibility index (Phi) is 6.40. The average molecular weight is 408 g/mol. The number of aliphatic hydroxyl groups is 1. The van der Waals surface area contributed by atoms with E-state index in [1.54, 1.807) is 0 Å². The first-order chi connectivity index (χ1) is 12.9. The van der Waals surface area contributed by atoms with E-state index in [1.165, 1.54) is 37.4 Å². The van der Waals surface area contributed by atoms with E-state index in [2.05, 4.69) is 10.1 Å². The number of hydrogen-bond donors (Lipinski definition) is 4. The van der Waals surface area contributed by atoms with Crippen molar-refractivity contribution in [2.45, 2.75) is 12.6 Å². The number of fused-ring (bicyclic) bond motifs is 2. The summed E-state index contributed by atoms with van der Waals surface area (Å²) in [6, 6.07) is 5.93. The fourth-order valence-corrected chi connectivity index (χ4v) is 3.05. The summed E-state index contributed by atoms with van der Waals surface area (Å²) in [5.74, 6) is -2.53. The van der Waals surface area contributed by atoms with E-state index in [9.17, 15) is 29.7 Å². The van der Waals surface area contributed by atoms with E-state index in [-0.39, 0.29) is 47.0 Å². The molecule has 9 heteroatoms. The number of phenols is 2. The predicted molar refractivity (Wildman–Crippen MR) is 100 cm³/mol. The van der Waals surface area contributed by atoms with Crippen molar-refractivity contribution >= 4 is 29.9 Å². The van der Waals surface area contributed by atoms with Crippen molar-refractivity contribution in [3.8, 4) is 11.5 Å². The van der Waals surface area contributed by atoms with Crippen molar-refractivity contribution in [1.29, 1.82) is 0 Å². The smallest absolute Gasteiger partial charge is 0.325 e. The second kappa shape index (κ2) is 8.39. The zero-order valence-electron chi connectivity index (χ0n) is 14.8. The average Bonchev–Trinajstić information content (AvgIpc) is 2.65. The fraction of sp³-hybridized carbons (Fsp3) is 0.211. The monoisotopic (exact) mass is 407 g/mol. The number of benzene rings is 2. The predicted octanol–water partition coefficient (Wildman–Crippen LogP) is 0.918. The van der Waals surface area contributed by atoms with Crippen molar-refractivity contribution in [3.05, 3.63) is 58.1 Å². The third-order valence-electron chi connectivity index (χ3n) is 4.38. The lowest BCUT2D eigenvalue weighted by atomic mass is 9.82. The Hall–Kier alpha value is -2.94. The lowest BCUT2D eigenvalue weighted by Gasteiger charge is -2.20. The maximum Gasteiger partial charge on any atom is 0.325 e. The summed E-state index contributed by atoms with van der Waals surface area (Å²) in [7, 11) is 1.19. The summed E-state index contributed by atoms with van der Waals surface area (Å²) in [6.45, 7) is -0.455. The van der Waals surface area contributed by atoms with Gasteiger partial charge in [0.05, 0.1) is 24.8 Å². The first-order valence-electron chi connectivity index (χ1n) is 8.08. The number of carbonyl (C=O) groups is 3. The Morgan fingerprint density at radius 1 is 1.07 bits per heavy atom. The third kappa shape index (κ3) is 3.57. The van der Waals surface area contributed by atoms with E-state index in [1.807, 2.05) is 0 Å². The third-order valence-corrected chi connectivity index (χ3v) is 4.38. The van der Waals surface area contributed by atoms with Crippen LogP contribution in [0.3, 0.4) is 0 Å². The maximum atomic E-state index is 12.8. The molecule has 0 bridgehead atoms. The number of esters is 1. The Balaban J connectivity index is 0.00000280. The standard InChI is InChI=1S/C19H17NO7.ClH/c1-27-19(26)12(8-21)20-7-9-5-11-16(14(23)6-9)18(25)15-10(17(11)24)3-2-4-13(15)22;/h2-6,12,20-23H,7-8H2,1H3;1H/t12-;/m0./s1. The van der Waals surface area contributed by atoms with Crippen LogP contribution in [0.4, 0.5) is 0 Å². The molecule has 0 aliphatic heterocycles. The number of aromatic hydroxyl groups is 2. The number of ketones is 2. The van der Waals surface area contributed by atoms with Gasteiger partial charge >= 0.3 is 5.97 Å². The van der Waals surface area contributed by atoms with Gasteiger partial charge < -0.3 is 20.1 Å². The van der Waals surface area contributed by atoms with Crippen LogP contribution in [0.2, 0.25) is 0 Å². The second-order valence-electron chi connectivity index (χ2n) is 6.03. The molecule has 148 valence electrons. The zero-order valence-corrected chi connectivity index (χ0v) is 15.6. The molecule has 3 rings (SSSR count). The molecule has 0 saturated carbocycles. The Labute approximate surface area is 166 Å². The highest BCUT2D eigenvalue weighted by Crippen LogP contribution is 2.37. The Morgan fingerprint density at radius 3 is 2.39 bits per heavy atom. The topological polar surface area (TPSA) is 133 Å². The zero-order chi connectivity index (χ0) is 19.7. The first-order valence-corrected chi connectivity index (χ1v) is 8.08. The van der Waals surface area contributed by atoms with Gasteiger partial charge in [-0.05, 0) is 23.8 Å². The molecular weight excluding hydrogens is 390 g/mol. The van der Waals surface area contributed by atoms with Crippen LogP contribution in [-0.4, -0.2) is 52.6 Å². The maximum absolute atomic E-state index is 12.8. The van der Waals surface area contributed by atoms with Gasteiger partial charge in [0.15, 0.2) is 5.78 Å². The highest BCUT2D eigenvalue weighted by Gasteiger charge is 2.34. The lowest BCUT2D eigenvalue weighted by molar-refractivity contribution is -0.144. The van der Waals surface area contributed by atoms with Gasteiger partial charge in [-0.2, -0.15) is 0 Å². The van der Waals surface area contributed by atoms with E-state index in [4.69, 9.17) is 0 Å². The van der Waals surface area contributed by atoms with Crippen molar-refractivity contribution in [2.75, 3.05) is 13.7 Å². The molecule has 4 N–H and O–H groups in total. The molecule has 1 aliphatic rings. The van der Waals surface area contributed by atoms with Crippen molar-refractivity contribution in [1.82, 2.24) is 5.32 Å². The molecule has 0 heterocycles. The van der Waals surface area contributed by atoms with Crippen LogP contribution >= 0.6 is 12.4 Å². The second-order valence-corrected chi connectivity index (χ2v) is 6.03. The minimum atomic E-state index is -0.969. The molecule has 0 fully saturated rings. The van der Waals surface area contributed by atoms with Crippen molar-refractivity contribution < 1.29 is 34.4 Å². The number of halogens is 1. The molecule has 2 aromatic carbocycles. The highest BCUT2D eigenvalue weighted by molar-refractivity contribution is 6.30. The molecule has 0 aromatic heterocycles. The van der Waals surface area contributed by atoms with Crippen LogP contribution in [-0.2, 0) is 16.1 Å². The number of phenolic OH excluding ortho intramolecular Hbond substituents is 2. The van der Waals surface area contributed by atoms with Crippen LogP contribution in [0.1, 0.15) is 37.4 Å². The number of carbonyl (C=O) groups excluding carboxylic acids is 3. The van der Waals surface area contributed by atoms with Crippen molar-refractivity contribution in [2.24, 2.45) is 0 Å². The molecule has 0 spiro atoms. The molecule has 0 unspecified atom stereocenters. The van der Waals surface area contributed by atoms with Crippen LogP contribution in [0.5, 0.6) is 11.5 Å². The molecule has 0 radical (unpaired) electrons. The number of rotatable bonds is 5. The molecule has 1 atom stereocenters. The molecule has 28 heavy (non-hydrogen) atoms. The van der Waals surface area contributed by atoms with Crippen LogP contribution in [0.25, 0.3) is 0 Å². The first kappa shape index (κ1) is 21.4. The van der Waals surface area contributed by atoms with E-state index in [0.29, 0.717) is 5.56 Å². The normalized spacial score (nSPS) is 13.2. The summed E-state index contributed by atoms with van der Waals surface area (Å²) in [5.41, 5.74) is 0.179. The SMILES string of the molecule is COC(=O)[C@H](CO)NCc1cc(O)c2c(c1)C(=O)c1cccc(O)c1C2=O.Cl. The van der Waals surface area contributed by atoms with Gasteiger partial charge in [0.2, 0.25) is 5.78 Å². The fourth-order valence-electron chi connectivity index (χ4n) is 3.05. The molecule has 2 aromatic rings. The largest absolute Gasteiger partial charge is 0.507 e. The molecule has 0 amide bonds. The van der Waals surface area contributed by atoms with Crippen molar-refractivity contribution in [3.63, 3.8) is 0 Å². The number of aliphatic hydroxyl groups excluding tert-OH is 1. The van der Waals surface area contributed by atoms with Gasteiger partial charge in [0.1, 0.15) is 17.5 Å². The summed E-state index contributed by atoms with van der Waals surface area (Å²) < 4.78 is 4.55. The van der Waals surface area contributed by atoms with Gasteiger partial charge in [-0.3, -0.25) is 19.7 Å². The number of ether oxygens (including phenoxy) is 1. The lowest BCUT2D eigenvalue weighted by Crippen LogP contribution is -2.40.